The highest BCUT2D eigenvalue weighted by Gasteiger charge is 2.04. The number of esters is 1. The van der Waals surface area contributed by atoms with Crippen molar-refractivity contribution >= 4 is 16.4 Å². The van der Waals surface area contributed by atoms with Gasteiger partial charge in [0.05, 0.1) is 19.8 Å². The van der Waals surface area contributed by atoms with Crippen LogP contribution in [-0.2, 0) is 28.9 Å². The highest BCUT2D eigenvalue weighted by atomic mass is 32.3. The minimum atomic E-state index is -4.42. The summed E-state index contributed by atoms with van der Waals surface area (Å²) in [7, 11) is -4.42. The number of carbonyl (C=O) groups is 1. The van der Waals surface area contributed by atoms with Crippen LogP contribution in [-0.4, -0.2) is 45.4 Å². The lowest BCUT2D eigenvalue weighted by Crippen LogP contribution is -2.14. The van der Waals surface area contributed by atoms with Crippen LogP contribution in [0, 0.1) is 0 Å². The summed E-state index contributed by atoms with van der Waals surface area (Å²) in [6.07, 6.45) is 11.2. The molecule has 8 heteroatoms. The van der Waals surface area contributed by atoms with Gasteiger partial charge in [-0.1, -0.05) is 58.3 Å². The van der Waals surface area contributed by atoms with Crippen LogP contribution in [0.3, 0.4) is 0 Å². The van der Waals surface area contributed by atoms with Gasteiger partial charge in [0.25, 0.3) is 0 Å². The zero-order valence-corrected chi connectivity index (χ0v) is 15.5. The molecule has 0 bridgehead atoms. The van der Waals surface area contributed by atoms with Gasteiger partial charge in [-0.15, -0.1) is 0 Å². The van der Waals surface area contributed by atoms with E-state index in [1.54, 1.807) is 0 Å². The molecule has 0 amide bonds. The minimum absolute atomic E-state index is 0.00437. The van der Waals surface area contributed by atoms with Crippen LogP contribution in [0.15, 0.2) is 0 Å². The summed E-state index contributed by atoms with van der Waals surface area (Å²) in [5.41, 5.74) is 0. The van der Waals surface area contributed by atoms with Crippen LogP contribution >= 0.6 is 0 Å². The molecule has 0 aliphatic carbocycles. The summed E-state index contributed by atoms with van der Waals surface area (Å²) in [6.45, 7) is 2.23. The number of rotatable bonds is 17. The molecule has 0 heterocycles. The lowest BCUT2D eigenvalue weighted by Gasteiger charge is -2.06. The van der Waals surface area contributed by atoms with E-state index in [9.17, 15) is 13.2 Å². The Morgan fingerprint density at radius 3 is 1.96 bits per heavy atom. The second-order valence-electron chi connectivity index (χ2n) is 5.66. The van der Waals surface area contributed by atoms with Crippen LogP contribution in [0.2, 0.25) is 0 Å². The molecule has 0 aliphatic rings. The van der Waals surface area contributed by atoms with Gasteiger partial charge < -0.3 is 9.47 Å². The van der Waals surface area contributed by atoms with E-state index in [1.165, 1.54) is 38.5 Å². The van der Waals surface area contributed by atoms with Crippen LogP contribution in [0.1, 0.15) is 71.1 Å². The summed E-state index contributed by atoms with van der Waals surface area (Å²) in [6, 6.07) is 0. The highest BCUT2D eigenvalue weighted by Crippen LogP contribution is 2.10. The Hall–Kier alpha value is -0.700. The van der Waals surface area contributed by atoms with Crippen molar-refractivity contribution in [1.82, 2.24) is 0 Å². The standard InChI is InChI=1S/C16H32O7S/c1-2-3-4-5-6-7-8-9-10-11-16(17)22-14-12-21-13-15-23-24(18,19)20/h2-15H2,1H3,(H,18,19,20). The van der Waals surface area contributed by atoms with E-state index >= 15 is 0 Å². The van der Waals surface area contributed by atoms with Gasteiger partial charge >= 0.3 is 16.4 Å². The summed E-state index contributed by atoms with van der Waals surface area (Å²) < 4.78 is 42.8. The summed E-state index contributed by atoms with van der Waals surface area (Å²) in [5.74, 6) is -0.240. The molecular formula is C16H32O7S. The zero-order chi connectivity index (χ0) is 18.1. The van der Waals surface area contributed by atoms with Crippen molar-refractivity contribution in [3.8, 4) is 0 Å². The van der Waals surface area contributed by atoms with Crippen molar-refractivity contribution in [2.24, 2.45) is 0 Å². The van der Waals surface area contributed by atoms with Gasteiger partial charge in [-0.05, 0) is 6.42 Å². The van der Waals surface area contributed by atoms with E-state index in [4.69, 9.17) is 14.0 Å². The Balaban J connectivity index is 3.24. The summed E-state index contributed by atoms with van der Waals surface area (Å²) >= 11 is 0. The van der Waals surface area contributed by atoms with E-state index in [0.717, 1.165) is 19.3 Å². The van der Waals surface area contributed by atoms with E-state index in [0.29, 0.717) is 6.42 Å². The third kappa shape index (κ3) is 19.3. The molecule has 0 saturated heterocycles. The molecule has 0 fully saturated rings. The first kappa shape index (κ1) is 23.3. The zero-order valence-electron chi connectivity index (χ0n) is 14.7. The molecule has 0 aliphatic heterocycles. The maximum absolute atomic E-state index is 11.5. The lowest BCUT2D eigenvalue weighted by molar-refractivity contribution is -0.145. The molecule has 0 aromatic rings. The van der Waals surface area contributed by atoms with Crippen LogP contribution < -0.4 is 0 Å². The van der Waals surface area contributed by atoms with E-state index < -0.39 is 10.4 Å². The van der Waals surface area contributed by atoms with E-state index in [-0.39, 0.29) is 32.4 Å². The smallest absolute Gasteiger partial charge is 0.397 e. The van der Waals surface area contributed by atoms with Crippen LogP contribution in [0.4, 0.5) is 0 Å². The van der Waals surface area contributed by atoms with Crippen molar-refractivity contribution in [1.29, 1.82) is 0 Å². The van der Waals surface area contributed by atoms with Crippen molar-refractivity contribution < 1.29 is 31.4 Å². The predicted molar refractivity (Wildman–Crippen MR) is 91.1 cm³/mol. The van der Waals surface area contributed by atoms with Crippen molar-refractivity contribution in [2.45, 2.75) is 71.1 Å². The van der Waals surface area contributed by atoms with Crippen LogP contribution in [0.25, 0.3) is 0 Å². The number of hydrogen-bond donors (Lipinski definition) is 1. The second-order valence-corrected chi connectivity index (χ2v) is 6.75. The van der Waals surface area contributed by atoms with Crippen molar-refractivity contribution in [3.05, 3.63) is 0 Å². The number of carbonyl (C=O) groups excluding carboxylic acids is 1. The third-order valence-electron chi connectivity index (χ3n) is 3.44. The predicted octanol–water partition coefficient (Wildman–Crippen LogP) is 3.29. The van der Waals surface area contributed by atoms with Gasteiger partial charge in [0.2, 0.25) is 0 Å². The van der Waals surface area contributed by atoms with Crippen molar-refractivity contribution in [3.63, 3.8) is 0 Å². The molecular weight excluding hydrogens is 336 g/mol. The minimum Gasteiger partial charge on any atom is -0.463 e. The monoisotopic (exact) mass is 368 g/mol. The quantitative estimate of drug-likeness (QED) is 0.239. The molecule has 0 unspecified atom stereocenters. The molecule has 0 saturated carbocycles. The second kappa shape index (κ2) is 15.8. The number of ether oxygens (including phenoxy) is 2. The average Bonchev–Trinajstić information content (AvgIpc) is 2.51. The first-order valence-corrected chi connectivity index (χ1v) is 10.2. The molecule has 0 radical (unpaired) electrons. The topological polar surface area (TPSA) is 99.1 Å². The van der Waals surface area contributed by atoms with Crippen molar-refractivity contribution in [2.75, 3.05) is 26.4 Å². The fourth-order valence-electron chi connectivity index (χ4n) is 2.17. The number of hydrogen-bond acceptors (Lipinski definition) is 6. The fraction of sp³-hybridized carbons (Fsp3) is 0.938. The Morgan fingerprint density at radius 1 is 0.833 bits per heavy atom. The van der Waals surface area contributed by atoms with E-state index in [2.05, 4.69) is 11.1 Å². The normalized spacial score (nSPS) is 11.6. The Morgan fingerprint density at radius 2 is 1.38 bits per heavy atom. The molecule has 0 aromatic carbocycles. The average molecular weight is 368 g/mol. The van der Waals surface area contributed by atoms with Gasteiger partial charge in [0.1, 0.15) is 6.61 Å². The molecule has 1 N–H and O–H groups in total. The van der Waals surface area contributed by atoms with E-state index in [1.807, 2.05) is 0 Å². The largest absolute Gasteiger partial charge is 0.463 e. The molecule has 144 valence electrons. The SMILES string of the molecule is CCCCCCCCCCCC(=O)OCCOCCOS(=O)(=O)O. The molecule has 0 rings (SSSR count). The first-order valence-electron chi connectivity index (χ1n) is 8.81. The molecule has 0 aromatic heterocycles. The van der Waals surface area contributed by atoms with Gasteiger partial charge in [-0.2, -0.15) is 8.42 Å². The lowest BCUT2D eigenvalue weighted by atomic mass is 10.1. The maximum Gasteiger partial charge on any atom is 0.397 e. The Kier molecular flexibility index (Phi) is 15.3. The highest BCUT2D eigenvalue weighted by molar-refractivity contribution is 7.80. The number of unbranched alkanes of at least 4 members (excludes halogenated alkanes) is 8. The first-order chi connectivity index (χ1) is 11.5. The Labute approximate surface area is 146 Å². The van der Waals surface area contributed by atoms with Gasteiger partial charge in [0.15, 0.2) is 0 Å². The summed E-state index contributed by atoms with van der Waals surface area (Å²) in [5, 5.41) is 0. The molecule has 7 nitrogen and oxygen atoms in total. The molecule has 24 heavy (non-hydrogen) atoms. The van der Waals surface area contributed by atoms with Crippen LogP contribution in [0.5, 0.6) is 0 Å². The molecule has 0 spiro atoms. The maximum atomic E-state index is 11.5. The van der Waals surface area contributed by atoms with Gasteiger partial charge in [-0.25, -0.2) is 4.18 Å². The Bertz CT molecular complexity index is 395. The van der Waals surface area contributed by atoms with Gasteiger partial charge in [0, 0.05) is 6.42 Å². The fourth-order valence-corrected chi connectivity index (χ4v) is 2.45. The van der Waals surface area contributed by atoms with Gasteiger partial charge in [-0.3, -0.25) is 9.35 Å². The summed E-state index contributed by atoms with van der Waals surface area (Å²) in [4.78, 5) is 11.5. The molecule has 0 atom stereocenters. The third-order valence-corrected chi connectivity index (χ3v) is 3.90.